The summed E-state index contributed by atoms with van der Waals surface area (Å²) in [5.41, 5.74) is 0.746. The molecule has 26 heavy (non-hydrogen) atoms. The van der Waals surface area contributed by atoms with E-state index in [1.807, 2.05) is 24.3 Å². The van der Waals surface area contributed by atoms with E-state index in [1.54, 1.807) is 11.8 Å². The number of piperidine rings is 1. The number of nitrogens with zero attached hydrogens (tertiary/aromatic N) is 2. The fraction of sp³-hybridized carbons (Fsp3) is 0.600. The molecule has 2 amide bonds. The monoisotopic (exact) mass is 359 g/mol. The van der Waals surface area contributed by atoms with Gasteiger partial charge in [-0.25, -0.2) is 0 Å². The fourth-order valence-electron chi connectivity index (χ4n) is 3.66. The molecule has 0 aliphatic carbocycles. The predicted octanol–water partition coefficient (Wildman–Crippen LogP) is 2.04. The number of para-hydroxylation sites is 2. The number of hydrogen-bond acceptors (Lipinski definition) is 4. The van der Waals surface area contributed by atoms with Gasteiger partial charge in [0.2, 0.25) is 5.91 Å². The van der Waals surface area contributed by atoms with Gasteiger partial charge in [0.15, 0.2) is 6.10 Å². The third-order valence-corrected chi connectivity index (χ3v) is 5.38. The number of carbonyl (C=O) groups is 2. The Bertz CT molecular complexity index is 641. The van der Waals surface area contributed by atoms with Crippen molar-refractivity contribution in [3.8, 4) is 5.75 Å². The molecule has 1 fully saturated rings. The summed E-state index contributed by atoms with van der Waals surface area (Å²) in [6.07, 6.45) is 2.07. The van der Waals surface area contributed by atoms with Gasteiger partial charge in [-0.15, -0.1) is 0 Å². The van der Waals surface area contributed by atoms with Gasteiger partial charge in [-0.3, -0.25) is 9.59 Å². The maximum absolute atomic E-state index is 12.4. The second-order valence-corrected chi connectivity index (χ2v) is 7.15. The van der Waals surface area contributed by atoms with Gasteiger partial charge < -0.3 is 19.9 Å². The summed E-state index contributed by atoms with van der Waals surface area (Å²) in [7, 11) is 0. The molecule has 3 rings (SSSR count). The molecule has 6 nitrogen and oxygen atoms in total. The molecule has 0 spiro atoms. The van der Waals surface area contributed by atoms with E-state index in [9.17, 15) is 9.59 Å². The zero-order valence-corrected chi connectivity index (χ0v) is 15.7. The molecule has 1 atom stereocenters. The van der Waals surface area contributed by atoms with Crippen molar-refractivity contribution in [2.24, 2.45) is 5.92 Å². The summed E-state index contributed by atoms with van der Waals surface area (Å²) >= 11 is 0. The van der Waals surface area contributed by atoms with Crippen molar-refractivity contribution < 1.29 is 14.3 Å². The normalized spacial score (nSPS) is 21.2. The average molecular weight is 359 g/mol. The number of hydrogen-bond donors (Lipinski definition) is 1. The lowest BCUT2D eigenvalue weighted by atomic mass is 9.97. The molecule has 0 saturated carbocycles. The Hall–Kier alpha value is -2.08. The largest absolute Gasteiger partial charge is 0.479 e. The highest BCUT2D eigenvalue weighted by Crippen LogP contribution is 2.33. The van der Waals surface area contributed by atoms with Crippen LogP contribution >= 0.6 is 0 Å². The summed E-state index contributed by atoms with van der Waals surface area (Å²) < 4.78 is 5.63. The summed E-state index contributed by atoms with van der Waals surface area (Å²) in [6.45, 7) is 8.39. The molecular weight excluding hydrogens is 330 g/mol. The number of amides is 2. The van der Waals surface area contributed by atoms with E-state index < -0.39 is 6.10 Å². The Morgan fingerprint density at radius 2 is 2.00 bits per heavy atom. The Labute approximate surface area is 155 Å². The molecule has 0 bridgehead atoms. The predicted molar refractivity (Wildman–Crippen MR) is 101 cm³/mol. The Kier molecular flexibility index (Phi) is 6.14. The maximum atomic E-state index is 12.4. The summed E-state index contributed by atoms with van der Waals surface area (Å²) in [4.78, 5) is 28.8. The standard InChI is InChI=1S/C20H29N3O3/c1-3-22-11-8-16(9-12-22)14-21-19(24)10-13-23-17-6-4-5-7-18(17)26-15(2)20(23)25/h4-7,15-16H,3,8-14H2,1-2H3,(H,21,24). The molecular formula is C20H29N3O3. The topological polar surface area (TPSA) is 61.9 Å². The molecule has 0 aromatic heterocycles. The number of rotatable bonds is 6. The first-order chi connectivity index (χ1) is 12.6. The highest BCUT2D eigenvalue weighted by atomic mass is 16.5. The van der Waals surface area contributed by atoms with Gasteiger partial charge in [-0.05, 0) is 57.5 Å². The molecule has 0 radical (unpaired) electrons. The van der Waals surface area contributed by atoms with Crippen LogP contribution in [0.1, 0.15) is 33.1 Å². The lowest BCUT2D eigenvalue weighted by molar-refractivity contribution is -0.125. The van der Waals surface area contributed by atoms with Crippen molar-refractivity contribution in [3.05, 3.63) is 24.3 Å². The van der Waals surface area contributed by atoms with E-state index >= 15 is 0 Å². The first-order valence-electron chi connectivity index (χ1n) is 9.64. The lowest BCUT2D eigenvalue weighted by Crippen LogP contribution is -2.46. The number of carbonyl (C=O) groups excluding carboxylic acids is 2. The van der Waals surface area contributed by atoms with Crippen LogP contribution in [0.5, 0.6) is 5.75 Å². The van der Waals surface area contributed by atoms with Crippen molar-refractivity contribution in [2.75, 3.05) is 37.6 Å². The van der Waals surface area contributed by atoms with Crippen molar-refractivity contribution in [1.29, 1.82) is 0 Å². The van der Waals surface area contributed by atoms with Crippen molar-refractivity contribution in [1.82, 2.24) is 10.2 Å². The molecule has 2 aliphatic rings. The van der Waals surface area contributed by atoms with E-state index in [0.717, 1.165) is 44.7 Å². The average Bonchev–Trinajstić information content (AvgIpc) is 2.67. The van der Waals surface area contributed by atoms with E-state index in [4.69, 9.17) is 4.74 Å². The Morgan fingerprint density at radius 3 is 2.73 bits per heavy atom. The van der Waals surface area contributed by atoms with Crippen LogP contribution in [0.25, 0.3) is 0 Å². The molecule has 2 aliphatic heterocycles. The zero-order chi connectivity index (χ0) is 18.5. The molecule has 1 N–H and O–H groups in total. The minimum atomic E-state index is -0.517. The number of ether oxygens (including phenoxy) is 1. The first kappa shape index (κ1) is 18.7. The summed E-state index contributed by atoms with van der Waals surface area (Å²) in [5, 5.41) is 3.05. The smallest absolute Gasteiger partial charge is 0.267 e. The number of fused-ring (bicyclic) bond motifs is 1. The zero-order valence-electron chi connectivity index (χ0n) is 15.7. The van der Waals surface area contributed by atoms with Gasteiger partial charge in [0.05, 0.1) is 5.69 Å². The SMILES string of the molecule is CCN1CCC(CNC(=O)CCN2C(=O)C(C)Oc3ccccc32)CC1. The van der Waals surface area contributed by atoms with Crippen molar-refractivity contribution in [2.45, 2.75) is 39.2 Å². The molecule has 1 saturated heterocycles. The summed E-state index contributed by atoms with van der Waals surface area (Å²) in [6, 6.07) is 7.48. The number of nitrogens with one attached hydrogen (secondary N) is 1. The third kappa shape index (κ3) is 4.36. The van der Waals surface area contributed by atoms with Crippen LogP contribution in [0.15, 0.2) is 24.3 Å². The van der Waals surface area contributed by atoms with Crippen LogP contribution in [0.3, 0.4) is 0 Å². The highest BCUT2D eigenvalue weighted by Gasteiger charge is 2.31. The minimum Gasteiger partial charge on any atom is -0.479 e. The lowest BCUT2D eigenvalue weighted by Gasteiger charge is -2.33. The molecule has 142 valence electrons. The second-order valence-electron chi connectivity index (χ2n) is 7.15. The molecule has 1 unspecified atom stereocenters. The van der Waals surface area contributed by atoms with E-state index in [2.05, 4.69) is 17.1 Å². The number of likely N-dealkylation sites (tertiary alicyclic amines) is 1. The van der Waals surface area contributed by atoms with Crippen LogP contribution in [0.2, 0.25) is 0 Å². The maximum Gasteiger partial charge on any atom is 0.267 e. The molecule has 1 aromatic rings. The van der Waals surface area contributed by atoms with Gasteiger partial charge in [0, 0.05) is 19.5 Å². The van der Waals surface area contributed by atoms with Crippen molar-refractivity contribution >= 4 is 17.5 Å². The van der Waals surface area contributed by atoms with Gasteiger partial charge in [0.25, 0.3) is 5.91 Å². The molecule has 2 heterocycles. The number of anilines is 1. The van der Waals surface area contributed by atoms with E-state index in [1.165, 1.54) is 0 Å². The van der Waals surface area contributed by atoms with Crippen LogP contribution in [-0.2, 0) is 9.59 Å². The first-order valence-corrected chi connectivity index (χ1v) is 9.64. The highest BCUT2D eigenvalue weighted by molar-refractivity contribution is 6.00. The van der Waals surface area contributed by atoms with Gasteiger partial charge in [-0.1, -0.05) is 19.1 Å². The van der Waals surface area contributed by atoms with Gasteiger partial charge in [-0.2, -0.15) is 0 Å². The van der Waals surface area contributed by atoms with Gasteiger partial charge >= 0.3 is 0 Å². The van der Waals surface area contributed by atoms with E-state index in [-0.39, 0.29) is 11.8 Å². The van der Waals surface area contributed by atoms with Gasteiger partial charge in [0.1, 0.15) is 5.75 Å². The third-order valence-electron chi connectivity index (χ3n) is 5.38. The van der Waals surface area contributed by atoms with Crippen LogP contribution in [0, 0.1) is 5.92 Å². The second kappa shape index (κ2) is 8.54. The number of benzene rings is 1. The quantitative estimate of drug-likeness (QED) is 0.844. The van der Waals surface area contributed by atoms with E-state index in [0.29, 0.717) is 24.6 Å². The van der Waals surface area contributed by atoms with Crippen LogP contribution in [0.4, 0.5) is 5.69 Å². The van der Waals surface area contributed by atoms with Crippen molar-refractivity contribution in [3.63, 3.8) is 0 Å². The minimum absolute atomic E-state index is 0.00680. The Balaban J connectivity index is 1.48. The molecule has 6 heteroatoms. The molecule has 1 aromatic carbocycles. The fourth-order valence-corrected chi connectivity index (χ4v) is 3.66. The summed E-state index contributed by atoms with van der Waals surface area (Å²) in [5.74, 6) is 1.17. The van der Waals surface area contributed by atoms with Crippen LogP contribution in [-0.4, -0.2) is 55.5 Å². The van der Waals surface area contributed by atoms with Crippen LogP contribution < -0.4 is 15.0 Å². The Morgan fingerprint density at radius 1 is 1.27 bits per heavy atom.